The molecule has 0 radical (unpaired) electrons. The van der Waals surface area contributed by atoms with Crippen molar-refractivity contribution in [3.05, 3.63) is 24.3 Å². The van der Waals surface area contributed by atoms with Crippen LogP contribution in [0, 0.1) is 0 Å². The third-order valence-electron chi connectivity index (χ3n) is 11.0. The Balaban J connectivity index is 4.57. The van der Waals surface area contributed by atoms with Gasteiger partial charge >= 0.3 is 11.9 Å². The van der Waals surface area contributed by atoms with Crippen molar-refractivity contribution in [3.63, 3.8) is 0 Å². The number of nitrogens with two attached hydrogens (primary N) is 1. The molecular formula is C46H87NO5. The minimum Gasteiger partial charge on any atom is -0.455 e. The highest BCUT2D eigenvalue weighted by Crippen LogP contribution is 2.42. The summed E-state index contributed by atoms with van der Waals surface area (Å²) in [6.45, 7) is 11.7. The van der Waals surface area contributed by atoms with Crippen LogP contribution in [0.15, 0.2) is 24.3 Å². The molecule has 2 atom stereocenters. The van der Waals surface area contributed by atoms with E-state index in [9.17, 15) is 14.7 Å². The van der Waals surface area contributed by atoms with Crippen LogP contribution >= 0.6 is 0 Å². The number of carbonyl (C=O) groups is 2. The van der Waals surface area contributed by atoms with Crippen LogP contribution in [0.5, 0.6) is 0 Å². The Morgan fingerprint density at radius 3 is 1.17 bits per heavy atom. The van der Waals surface area contributed by atoms with Crippen LogP contribution in [0.2, 0.25) is 0 Å². The molecule has 0 aliphatic rings. The number of hydrogen-bond acceptors (Lipinski definition) is 6. The van der Waals surface area contributed by atoms with Crippen molar-refractivity contribution in [2.75, 3.05) is 6.54 Å². The largest absolute Gasteiger partial charge is 0.455 e. The van der Waals surface area contributed by atoms with Crippen molar-refractivity contribution in [2.24, 2.45) is 5.73 Å². The average molecular weight is 734 g/mol. The molecule has 0 aromatic rings. The van der Waals surface area contributed by atoms with E-state index < -0.39 is 16.8 Å². The number of unbranched alkanes of at least 4 members (excludes halogenated alkanes) is 22. The molecule has 0 bridgehead atoms. The van der Waals surface area contributed by atoms with Crippen LogP contribution in [-0.2, 0) is 19.1 Å². The number of esters is 2. The van der Waals surface area contributed by atoms with Gasteiger partial charge in [0.05, 0.1) is 0 Å². The quantitative estimate of drug-likeness (QED) is 0.0375. The Morgan fingerprint density at radius 1 is 0.500 bits per heavy atom. The minimum absolute atomic E-state index is 0.277. The molecule has 0 spiro atoms. The lowest BCUT2D eigenvalue weighted by Crippen LogP contribution is -2.66. The second-order valence-corrected chi connectivity index (χ2v) is 16.3. The fourth-order valence-corrected chi connectivity index (χ4v) is 6.97. The monoisotopic (exact) mass is 734 g/mol. The molecule has 0 fully saturated rings. The normalized spacial score (nSPS) is 14.5. The van der Waals surface area contributed by atoms with Gasteiger partial charge in [-0.05, 0) is 111 Å². The lowest BCUT2D eigenvalue weighted by atomic mass is 9.71. The van der Waals surface area contributed by atoms with E-state index in [1.165, 1.54) is 103 Å². The highest BCUT2D eigenvalue weighted by molar-refractivity contribution is 5.71. The van der Waals surface area contributed by atoms with Crippen molar-refractivity contribution in [2.45, 2.75) is 251 Å². The van der Waals surface area contributed by atoms with Crippen LogP contribution in [-0.4, -0.2) is 40.4 Å². The Hall–Kier alpha value is -1.66. The van der Waals surface area contributed by atoms with Gasteiger partial charge in [-0.15, -0.1) is 0 Å². The zero-order chi connectivity index (χ0) is 38.8. The maximum Gasteiger partial charge on any atom is 0.306 e. The van der Waals surface area contributed by atoms with Crippen molar-refractivity contribution in [1.82, 2.24) is 0 Å². The van der Waals surface area contributed by atoms with Gasteiger partial charge in [0, 0.05) is 12.8 Å². The van der Waals surface area contributed by atoms with E-state index in [2.05, 4.69) is 38.2 Å². The summed E-state index contributed by atoms with van der Waals surface area (Å²) in [7, 11) is 0. The van der Waals surface area contributed by atoms with Crippen LogP contribution in [0.3, 0.4) is 0 Å². The first kappa shape index (κ1) is 50.3. The zero-order valence-corrected chi connectivity index (χ0v) is 35.4. The first-order valence-corrected chi connectivity index (χ1v) is 22.1. The maximum atomic E-state index is 13.2. The average Bonchev–Trinajstić information content (AvgIpc) is 3.10. The second-order valence-electron chi connectivity index (χ2n) is 16.3. The van der Waals surface area contributed by atoms with Gasteiger partial charge in [0.1, 0.15) is 5.60 Å². The van der Waals surface area contributed by atoms with Crippen LogP contribution in [0.1, 0.15) is 234 Å². The van der Waals surface area contributed by atoms with Crippen molar-refractivity contribution >= 4 is 11.9 Å². The van der Waals surface area contributed by atoms with Gasteiger partial charge in [-0.3, -0.25) is 9.59 Å². The summed E-state index contributed by atoms with van der Waals surface area (Å²) in [6, 6.07) is 0. The fraction of sp³-hybridized carbons (Fsp3) is 0.870. The summed E-state index contributed by atoms with van der Waals surface area (Å²) < 4.78 is 12.2. The molecule has 6 nitrogen and oxygen atoms in total. The molecule has 0 aromatic heterocycles. The summed E-state index contributed by atoms with van der Waals surface area (Å²) in [6.07, 6.45) is 41.9. The molecule has 0 amide bonds. The van der Waals surface area contributed by atoms with E-state index in [4.69, 9.17) is 15.2 Å². The van der Waals surface area contributed by atoms with Gasteiger partial charge in [-0.1, -0.05) is 141 Å². The molecule has 0 saturated heterocycles. The molecule has 52 heavy (non-hydrogen) atoms. The van der Waals surface area contributed by atoms with Gasteiger partial charge in [-0.25, -0.2) is 0 Å². The second kappa shape index (κ2) is 32.7. The smallest absolute Gasteiger partial charge is 0.306 e. The molecule has 6 heteroatoms. The summed E-state index contributed by atoms with van der Waals surface area (Å²) in [5.41, 5.74) is 1.77. The van der Waals surface area contributed by atoms with E-state index in [0.29, 0.717) is 25.8 Å². The highest BCUT2D eigenvalue weighted by atomic mass is 16.6. The predicted molar refractivity (Wildman–Crippen MR) is 222 cm³/mol. The number of aliphatic hydroxyl groups is 1. The Morgan fingerprint density at radius 2 is 0.827 bits per heavy atom. The molecule has 2 unspecified atom stereocenters. The minimum atomic E-state index is -1.45. The lowest BCUT2D eigenvalue weighted by Gasteiger charge is -2.50. The number of rotatable bonds is 37. The molecule has 0 saturated carbocycles. The Labute approximate surface area is 322 Å². The predicted octanol–water partition coefficient (Wildman–Crippen LogP) is 13.2. The van der Waals surface area contributed by atoms with Crippen molar-refractivity contribution in [3.8, 4) is 0 Å². The molecule has 306 valence electrons. The van der Waals surface area contributed by atoms with Gasteiger partial charge in [-0.2, -0.15) is 0 Å². The number of allylic oxidation sites excluding steroid dienone is 4. The molecule has 0 aromatic carbocycles. The number of ether oxygens (including phenoxy) is 2. The van der Waals surface area contributed by atoms with Crippen LogP contribution in [0.25, 0.3) is 0 Å². The van der Waals surface area contributed by atoms with E-state index in [1.54, 1.807) is 27.7 Å². The zero-order valence-electron chi connectivity index (χ0n) is 35.4. The summed E-state index contributed by atoms with van der Waals surface area (Å²) in [4.78, 5) is 26.3. The summed E-state index contributed by atoms with van der Waals surface area (Å²) in [5.74, 6) is -0.685. The summed E-state index contributed by atoms with van der Waals surface area (Å²) >= 11 is 0. The first-order chi connectivity index (χ1) is 25.0. The highest BCUT2D eigenvalue weighted by Gasteiger charge is 2.59. The first-order valence-electron chi connectivity index (χ1n) is 22.1. The van der Waals surface area contributed by atoms with Gasteiger partial charge in [0.25, 0.3) is 0 Å². The molecular weight excluding hydrogens is 647 g/mol. The number of hydrogen-bond donors (Lipinski definition) is 2. The standard InChI is InChI=1S/C46H87NO5/c1-7-9-11-13-15-17-19-21-23-25-27-29-31-33-35-38-42(48)51-45(5,40-37-41-47)46(6,44(3,4)50)52-43(49)39-36-34-32-30-28-26-24-22-20-18-16-14-12-10-8-2/h21-24,50H,7-20,25-41,47H2,1-6H3/b23-21-,24-22-. The van der Waals surface area contributed by atoms with Crippen molar-refractivity contribution in [1.29, 1.82) is 0 Å². The maximum absolute atomic E-state index is 13.2. The molecule has 0 aliphatic heterocycles. The van der Waals surface area contributed by atoms with Crippen LogP contribution < -0.4 is 5.73 Å². The molecule has 0 heterocycles. The topological polar surface area (TPSA) is 98.9 Å². The van der Waals surface area contributed by atoms with Gasteiger partial charge in [0.15, 0.2) is 11.2 Å². The van der Waals surface area contributed by atoms with Crippen LogP contribution in [0.4, 0.5) is 0 Å². The number of carbonyl (C=O) groups excluding carboxylic acids is 2. The van der Waals surface area contributed by atoms with E-state index in [-0.39, 0.29) is 18.4 Å². The SMILES string of the molecule is CCCCCCCC/C=C\CCCCCCCC(=O)OC(C)(CCCN)C(C)(OC(=O)CCCCCCC/C=C\CCCCCCCC)C(C)(C)O. The Kier molecular flexibility index (Phi) is 31.7. The van der Waals surface area contributed by atoms with E-state index in [0.717, 1.165) is 64.2 Å². The van der Waals surface area contributed by atoms with Gasteiger partial charge < -0.3 is 20.3 Å². The van der Waals surface area contributed by atoms with E-state index in [1.807, 2.05) is 0 Å². The molecule has 0 rings (SSSR count). The lowest BCUT2D eigenvalue weighted by molar-refractivity contribution is -0.251. The third kappa shape index (κ3) is 25.4. The van der Waals surface area contributed by atoms with Gasteiger partial charge in [0.2, 0.25) is 0 Å². The molecule has 3 N–H and O–H groups in total. The fourth-order valence-electron chi connectivity index (χ4n) is 6.97. The van der Waals surface area contributed by atoms with E-state index >= 15 is 0 Å². The molecule has 0 aliphatic carbocycles. The Bertz CT molecular complexity index is 909. The summed E-state index contributed by atoms with van der Waals surface area (Å²) in [5, 5.41) is 11.3. The third-order valence-corrected chi connectivity index (χ3v) is 11.0. The van der Waals surface area contributed by atoms with Crippen molar-refractivity contribution < 1.29 is 24.2 Å².